The first-order valence-corrected chi connectivity index (χ1v) is 7.64. The van der Waals surface area contributed by atoms with E-state index in [1.165, 1.54) is 9.88 Å². The average molecular weight is 268 g/mol. The van der Waals surface area contributed by atoms with Crippen LogP contribution in [-0.4, -0.2) is 23.2 Å². The van der Waals surface area contributed by atoms with E-state index >= 15 is 0 Å². The van der Waals surface area contributed by atoms with E-state index in [9.17, 15) is 0 Å². The highest BCUT2D eigenvalue weighted by atomic mass is 32.1. The molecule has 1 aromatic heterocycles. The van der Waals surface area contributed by atoms with Crippen LogP contribution in [0.2, 0.25) is 0 Å². The van der Waals surface area contributed by atoms with Gasteiger partial charge in [-0.3, -0.25) is 0 Å². The quantitative estimate of drug-likeness (QED) is 0.909. The third kappa shape index (κ3) is 3.11. The summed E-state index contributed by atoms with van der Waals surface area (Å²) < 4.78 is 6.03. The van der Waals surface area contributed by atoms with Crippen molar-refractivity contribution in [1.29, 1.82) is 0 Å². The molecule has 1 aliphatic rings. The summed E-state index contributed by atoms with van der Waals surface area (Å²) in [6.07, 6.45) is 2.94. The monoisotopic (exact) mass is 268 g/mol. The van der Waals surface area contributed by atoms with Crippen LogP contribution in [0, 0.1) is 13.8 Å². The maximum absolute atomic E-state index is 6.03. The first-order valence-electron chi connectivity index (χ1n) is 6.82. The molecule has 1 fully saturated rings. The highest BCUT2D eigenvalue weighted by Gasteiger charge is 2.32. The van der Waals surface area contributed by atoms with Crippen molar-refractivity contribution in [3.8, 4) is 0 Å². The zero-order valence-corrected chi connectivity index (χ0v) is 12.8. The van der Waals surface area contributed by atoms with Gasteiger partial charge in [0.1, 0.15) is 5.01 Å². The number of hydrogen-bond acceptors (Lipinski definition) is 4. The fourth-order valence-electron chi connectivity index (χ4n) is 2.41. The second-order valence-electron chi connectivity index (χ2n) is 5.56. The van der Waals surface area contributed by atoms with E-state index in [-0.39, 0.29) is 12.1 Å². The number of rotatable bonds is 4. The van der Waals surface area contributed by atoms with Crippen molar-refractivity contribution in [1.82, 2.24) is 10.3 Å². The molecule has 0 saturated carbocycles. The van der Waals surface area contributed by atoms with Gasteiger partial charge < -0.3 is 10.1 Å². The Bertz CT molecular complexity index is 383. The molecule has 4 heteroatoms. The van der Waals surface area contributed by atoms with Crippen LogP contribution >= 0.6 is 11.3 Å². The third-order valence-electron chi connectivity index (χ3n) is 3.46. The van der Waals surface area contributed by atoms with Crippen LogP contribution < -0.4 is 5.32 Å². The number of thiazole rings is 1. The van der Waals surface area contributed by atoms with Gasteiger partial charge in [0.25, 0.3) is 0 Å². The van der Waals surface area contributed by atoms with Gasteiger partial charge in [-0.15, -0.1) is 11.3 Å². The van der Waals surface area contributed by atoms with E-state index in [1.807, 2.05) is 0 Å². The summed E-state index contributed by atoms with van der Waals surface area (Å²) in [5.74, 6) is 0. The Labute approximate surface area is 114 Å². The van der Waals surface area contributed by atoms with Crippen LogP contribution in [0.25, 0.3) is 0 Å². The standard InChI is InChI=1S/C14H24N2OS/c1-8(2)15-13(12-7-6-9(3)17-12)14-16-10(4)11(5)18-14/h8-9,12-13,15H,6-7H2,1-5H3. The van der Waals surface area contributed by atoms with Crippen LogP contribution in [0.5, 0.6) is 0 Å². The smallest absolute Gasteiger partial charge is 0.113 e. The molecule has 2 rings (SSSR count). The summed E-state index contributed by atoms with van der Waals surface area (Å²) in [5.41, 5.74) is 1.15. The second kappa shape index (κ2) is 5.68. The van der Waals surface area contributed by atoms with Gasteiger partial charge >= 0.3 is 0 Å². The molecular weight excluding hydrogens is 244 g/mol. The Morgan fingerprint density at radius 1 is 1.33 bits per heavy atom. The fourth-order valence-corrected chi connectivity index (χ4v) is 3.44. The molecule has 0 radical (unpaired) electrons. The molecule has 1 saturated heterocycles. The van der Waals surface area contributed by atoms with Crippen molar-refractivity contribution in [2.45, 2.75) is 71.8 Å². The lowest BCUT2D eigenvalue weighted by molar-refractivity contribution is 0.0295. The molecule has 18 heavy (non-hydrogen) atoms. The number of aromatic nitrogens is 1. The summed E-state index contributed by atoms with van der Waals surface area (Å²) in [5, 5.41) is 4.80. The SMILES string of the molecule is Cc1nc(C(NC(C)C)C2CCC(C)O2)sc1C. The van der Waals surface area contributed by atoms with Crippen molar-refractivity contribution in [2.24, 2.45) is 0 Å². The normalized spacial score (nSPS) is 25.9. The molecule has 0 amide bonds. The summed E-state index contributed by atoms with van der Waals surface area (Å²) in [6.45, 7) is 10.7. The zero-order valence-electron chi connectivity index (χ0n) is 12.0. The highest BCUT2D eigenvalue weighted by Crippen LogP contribution is 2.33. The van der Waals surface area contributed by atoms with E-state index in [0.29, 0.717) is 12.1 Å². The van der Waals surface area contributed by atoms with Gasteiger partial charge in [-0.05, 0) is 33.6 Å². The van der Waals surface area contributed by atoms with Crippen LogP contribution in [0.15, 0.2) is 0 Å². The molecule has 102 valence electrons. The molecule has 0 aliphatic carbocycles. The molecule has 2 heterocycles. The minimum atomic E-state index is 0.243. The van der Waals surface area contributed by atoms with Crippen LogP contribution in [-0.2, 0) is 4.74 Å². The Balaban J connectivity index is 2.19. The van der Waals surface area contributed by atoms with Crippen LogP contribution in [0.1, 0.15) is 55.2 Å². The number of ether oxygens (including phenoxy) is 1. The molecule has 1 N–H and O–H groups in total. The average Bonchev–Trinajstić information content (AvgIpc) is 2.83. The van der Waals surface area contributed by atoms with Gasteiger partial charge in [0, 0.05) is 10.9 Å². The fraction of sp³-hybridized carbons (Fsp3) is 0.786. The molecule has 0 spiro atoms. The van der Waals surface area contributed by atoms with E-state index in [2.05, 4.69) is 39.9 Å². The molecule has 0 bridgehead atoms. The Morgan fingerprint density at radius 2 is 2.06 bits per heavy atom. The number of nitrogens with one attached hydrogen (secondary N) is 1. The van der Waals surface area contributed by atoms with Crippen LogP contribution in [0.4, 0.5) is 0 Å². The topological polar surface area (TPSA) is 34.2 Å². The van der Waals surface area contributed by atoms with Crippen molar-refractivity contribution < 1.29 is 4.74 Å². The molecule has 0 aromatic carbocycles. The van der Waals surface area contributed by atoms with Crippen molar-refractivity contribution in [2.75, 3.05) is 0 Å². The second-order valence-corrected chi connectivity index (χ2v) is 6.79. The van der Waals surface area contributed by atoms with Gasteiger partial charge in [0.2, 0.25) is 0 Å². The molecule has 3 nitrogen and oxygen atoms in total. The Hall–Kier alpha value is -0.450. The van der Waals surface area contributed by atoms with E-state index in [0.717, 1.165) is 18.5 Å². The summed E-state index contributed by atoms with van der Waals surface area (Å²) in [6, 6.07) is 0.686. The maximum atomic E-state index is 6.03. The minimum Gasteiger partial charge on any atom is -0.373 e. The molecule has 3 atom stereocenters. The molecular formula is C14H24N2OS. The summed E-state index contributed by atoms with van der Waals surface area (Å²) >= 11 is 1.80. The Morgan fingerprint density at radius 3 is 2.50 bits per heavy atom. The van der Waals surface area contributed by atoms with Gasteiger partial charge in [0.05, 0.1) is 23.9 Å². The lowest BCUT2D eigenvalue weighted by atomic mass is 10.1. The molecule has 1 aromatic rings. The first kappa shape index (κ1) is 14.0. The summed E-state index contributed by atoms with van der Waals surface area (Å²) in [4.78, 5) is 6.02. The van der Waals surface area contributed by atoms with Gasteiger partial charge in [0.15, 0.2) is 0 Å². The van der Waals surface area contributed by atoms with E-state index < -0.39 is 0 Å². The van der Waals surface area contributed by atoms with Crippen molar-refractivity contribution >= 4 is 11.3 Å². The maximum Gasteiger partial charge on any atom is 0.113 e. The van der Waals surface area contributed by atoms with Crippen LogP contribution in [0.3, 0.4) is 0 Å². The predicted octanol–water partition coefficient (Wildman–Crippen LogP) is 3.37. The number of nitrogens with zero attached hydrogens (tertiary/aromatic N) is 1. The highest BCUT2D eigenvalue weighted by molar-refractivity contribution is 7.11. The lowest BCUT2D eigenvalue weighted by Crippen LogP contribution is -2.36. The first-order chi connectivity index (χ1) is 8.47. The van der Waals surface area contributed by atoms with E-state index in [4.69, 9.17) is 9.72 Å². The predicted molar refractivity (Wildman–Crippen MR) is 76.2 cm³/mol. The van der Waals surface area contributed by atoms with Crippen molar-refractivity contribution in [3.63, 3.8) is 0 Å². The number of aryl methyl sites for hydroxylation is 2. The Kier molecular flexibility index (Phi) is 4.41. The minimum absolute atomic E-state index is 0.243. The zero-order chi connectivity index (χ0) is 13.3. The van der Waals surface area contributed by atoms with Gasteiger partial charge in [-0.25, -0.2) is 4.98 Å². The molecule has 3 unspecified atom stereocenters. The largest absolute Gasteiger partial charge is 0.373 e. The lowest BCUT2D eigenvalue weighted by Gasteiger charge is -2.25. The molecule has 1 aliphatic heterocycles. The summed E-state index contributed by atoms with van der Waals surface area (Å²) in [7, 11) is 0. The third-order valence-corrected chi connectivity index (χ3v) is 4.62. The van der Waals surface area contributed by atoms with Crippen molar-refractivity contribution in [3.05, 3.63) is 15.6 Å². The number of hydrogen-bond donors (Lipinski definition) is 1. The van der Waals surface area contributed by atoms with E-state index in [1.54, 1.807) is 11.3 Å². The van der Waals surface area contributed by atoms with Gasteiger partial charge in [-0.1, -0.05) is 13.8 Å². The van der Waals surface area contributed by atoms with Gasteiger partial charge in [-0.2, -0.15) is 0 Å².